The highest BCUT2D eigenvalue weighted by Crippen LogP contribution is 2.40. The van der Waals surface area contributed by atoms with E-state index in [1.54, 1.807) is 25.3 Å². The predicted molar refractivity (Wildman–Crippen MR) is 114 cm³/mol. The Morgan fingerprint density at radius 2 is 1.76 bits per heavy atom. The summed E-state index contributed by atoms with van der Waals surface area (Å²) in [6.07, 6.45) is 0.549. The molecular weight excluding hydrogens is 386 g/mol. The summed E-state index contributed by atoms with van der Waals surface area (Å²) in [4.78, 5) is 0.244. The molecule has 1 atom stereocenters. The number of sulfonamides is 1. The summed E-state index contributed by atoms with van der Waals surface area (Å²) >= 11 is 0. The van der Waals surface area contributed by atoms with Gasteiger partial charge in [0.15, 0.2) is 0 Å². The van der Waals surface area contributed by atoms with E-state index < -0.39 is 15.6 Å². The Labute approximate surface area is 171 Å². The van der Waals surface area contributed by atoms with E-state index in [1.165, 1.54) is 0 Å². The van der Waals surface area contributed by atoms with Gasteiger partial charge < -0.3 is 9.47 Å². The Balaban J connectivity index is 1.70. The van der Waals surface area contributed by atoms with Crippen molar-refractivity contribution in [2.24, 2.45) is 0 Å². The number of aryl methyl sites for hydroxylation is 1. The fourth-order valence-electron chi connectivity index (χ4n) is 3.83. The van der Waals surface area contributed by atoms with Crippen LogP contribution in [0.3, 0.4) is 0 Å². The molecule has 0 fully saturated rings. The molecule has 5 nitrogen and oxygen atoms in total. The molecule has 0 saturated carbocycles. The second kappa shape index (κ2) is 7.04. The van der Waals surface area contributed by atoms with Gasteiger partial charge in [0.2, 0.25) is 10.0 Å². The molecule has 0 unspecified atom stereocenters. The number of rotatable bonds is 4. The van der Waals surface area contributed by atoms with Gasteiger partial charge >= 0.3 is 0 Å². The highest BCUT2D eigenvalue weighted by Gasteiger charge is 2.36. The van der Waals surface area contributed by atoms with Gasteiger partial charge in [-0.3, -0.25) is 0 Å². The number of fused-ring (bicyclic) bond motifs is 2. The van der Waals surface area contributed by atoms with E-state index in [4.69, 9.17) is 9.47 Å². The summed E-state index contributed by atoms with van der Waals surface area (Å²) in [5.74, 6) is 1.47. The fourth-order valence-corrected chi connectivity index (χ4v) is 5.08. The Hall–Kier alpha value is -2.57. The maximum atomic E-state index is 13.2. The quantitative estimate of drug-likeness (QED) is 0.674. The first-order valence-corrected chi connectivity index (χ1v) is 11.0. The predicted octanol–water partition coefficient (Wildman–Crippen LogP) is 4.74. The van der Waals surface area contributed by atoms with Crippen LogP contribution in [0.5, 0.6) is 11.5 Å². The topological polar surface area (TPSA) is 64.6 Å². The second-order valence-corrected chi connectivity index (χ2v) is 9.87. The molecule has 3 aromatic rings. The molecule has 0 amide bonds. The molecule has 1 N–H and O–H groups in total. The molecule has 1 heterocycles. The third kappa shape index (κ3) is 3.95. The van der Waals surface area contributed by atoms with Gasteiger partial charge in [-0.05, 0) is 61.9 Å². The van der Waals surface area contributed by atoms with Gasteiger partial charge in [-0.25, -0.2) is 13.1 Å². The second-order valence-electron chi connectivity index (χ2n) is 8.16. The lowest BCUT2D eigenvalue weighted by atomic mass is 9.89. The number of benzene rings is 3. The Bertz CT molecular complexity index is 1180. The molecular formula is C23H25NO4S. The minimum absolute atomic E-state index is 0.244. The number of ether oxygens (including phenoxy) is 2. The lowest BCUT2D eigenvalue weighted by Crippen LogP contribution is -2.41. The van der Waals surface area contributed by atoms with Gasteiger partial charge in [-0.2, -0.15) is 0 Å². The third-order valence-electron chi connectivity index (χ3n) is 5.25. The molecule has 0 aromatic heterocycles. The van der Waals surface area contributed by atoms with Crippen LogP contribution in [0.2, 0.25) is 0 Å². The van der Waals surface area contributed by atoms with Crippen molar-refractivity contribution in [1.82, 2.24) is 4.72 Å². The van der Waals surface area contributed by atoms with Crippen molar-refractivity contribution in [3.63, 3.8) is 0 Å². The average molecular weight is 412 g/mol. The van der Waals surface area contributed by atoms with E-state index >= 15 is 0 Å². The van der Waals surface area contributed by atoms with Crippen LogP contribution in [0.25, 0.3) is 10.8 Å². The standard InChI is InChI=1S/C23H25NO4S/c1-15-5-10-22-20(11-15)21(14-23(2,3)28-22)24-29(25,26)19-9-7-16-12-18(27-4)8-6-17(16)13-19/h5-13,21,24H,14H2,1-4H3/t21-/m0/s1. The van der Waals surface area contributed by atoms with Crippen LogP contribution < -0.4 is 14.2 Å². The van der Waals surface area contributed by atoms with Gasteiger partial charge in [0.1, 0.15) is 17.1 Å². The number of nitrogens with one attached hydrogen (secondary N) is 1. The molecule has 0 bridgehead atoms. The van der Waals surface area contributed by atoms with Crippen LogP contribution in [-0.2, 0) is 10.0 Å². The maximum absolute atomic E-state index is 13.2. The first kappa shape index (κ1) is 19.7. The molecule has 152 valence electrons. The first-order valence-electron chi connectivity index (χ1n) is 9.57. The average Bonchev–Trinajstić information content (AvgIpc) is 2.66. The zero-order chi connectivity index (χ0) is 20.8. The van der Waals surface area contributed by atoms with Gasteiger partial charge in [0, 0.05) is 12.0 Å². The van der Waals surface area contributed by atoms with Crippen molar-refractivity contribution >= 4 is 20.8 Å². The molecule has 29 heavy (non-hydrogen) atoms. The Morgan fingerprint density at radius 3 is 2.52 bits per heavy atom. The summed E-state index contributed by atoms with van der Waals surface area (Å²) in [7, 11) is -2.10. The van der Waals surface area contributed by atoms with Crippen molar-refractivity contribution in [2.75, 3.05) is 7.11 Å². The van der Waals surface area contributed by atoms with Crippen LogP contribution in [-0.4, -0.2) is 21.1 Å². The van der Waals surface area contributed by atoms with Crippen molar-refractivity contribution in [3.8, 4) is 11.5 Å². The van der Waals surface area contributed by atoms with E-state index in [2.05, 4.69) is 4.72 Å². The van der Waals surface area contributed by atoms with E-state index in [0.29, 0.717) is 6.42 Å². The minimum Gasteiger partial charge on any atom is -0.497 e. The van der Waals surface area contributed by atoms with Crippen LogP contribution >= 0.6 is 0 Å². The summed E-state index contributed by atoms with van der Waals surface area (Å²) in [5, 5.41) is 1.77. The smallest absolute Gasteiger partial charge is 0.241 e. The van der Waals surface area contributed by atoms with Crippen LogP contribution in [0.1, 0.15) is 37.4 Å². The zero-order valence-electron chi connectivity index (χ0n) is 17.0. The van der Waals surface area contributed by atoms with Gasteiger partial charge in [-0.1, -0.05) is 29.8 Å². The van der Waals surface area contributed by atoms with Crippen molar-refractivity contribution < 1.29 is 17.9 Å². The molecule has 0 radical (unpaired) electrons. The lowest BCUT2D eigenvalue weighted by molar-refractivity contribution is 0.0701. The van der Waals surface area contributed by atoms with Crippen molar-refractivity contribution in [2.45, 2.75) is 43.7 Å². The van der Waals surface area contributed by atoms with Crippen LogP contribution in [0, 0.1) is 6.92 Å². The zero-order valence-corrected chi connectivity index (χ0v) is 17.8. The van der Waals surface area contributed by atoms with Crippen LogP contribution in [0.4, 0.5) is 0 Å². The van der Waals surface area contributed by atoms with Crippen molar-refractivity contribution in [1.29, 1.82) is 0 Å². The normalized spacial score (nSPS) is 18.1. The van der Waals surface area contributed by atoms with Crippen LogP contribution in [0.15, 0.2) is 59.5 Å². The maximum Gasteiger partial charge on any atom is 0.241 e. The van der Waals surface area contributed by atoms with Gasteiger partial charge in [-0.15, -0.1) is 0 Å². The number of hydrogen-bond acceptors (Lipinski definition) is 4. The molecule has 1 aliphatic heterocycles. The summed E-state index contributed by atoms with van der Waals surface area (Å²) in [6, 6.07) is 16.2. The molecule has 1 aliphatic rings. The number of methoxy groups -OCH3 is 1. The summed E-state index contributed by atoms with van der Waals surface area (Å²) in [5.41, 5.74) is 1.48. The summed E-state index contributed by atoms with van der Waals surface area (Å²) in [6.45, 7) is 5.93. The van der Waals surface area contributed by atoms with E-state index in [-0.39, 0.29) is 10.9 Å². The largest absolute Gasteiger partial charge is 0.497 e. The highest BCUT2D eigenvalue weighted by atomic mass is 32.2. The monoisotopic (exact) mass is 411 g/mol. The Kier molecular flexibility index (Phi) is 4.79. The molecule has 0 spiro atoms. The first-order chi connectivity index (χ1) is 13.7. The third-order valence-corrected chi connectivity index (χ3v) is 6.72. The molecule has 0 saturated heterocycles. The lowest BCUT2D eigenvalue weighted by Gasteiger charge is -2.38. The number of hydrogen-bond donors (Lipinski definition) is 1. The SMILES string of the molecule is COc1ccc2cc(S(=O)(=O)N[C@H]3CC(C)(C)Oc4ccc(C)cc43)ccc2c1. The van der Waals surface area contributed by atoms with Gasteiger partial charge in [0.05, 0.1) is 18.0 Å². The summed E-state index contributed by atoms with van der Waals surface area (Å²) < 4.78 is 40.6. The van der Waals surface area contributed by atoms with E-state index in [0.717, 1.165) is 33.4 Å². The fraction of sp³-hybridized carbons (Fsp3) is 0.304. The minimum atomic E-state index is -3.71. The molecule has 4 rings (SSSR count). The van der Waals surface area contributed by atoms with Gasteiger partial charge in [0.25, 0.3) is 0 Å². The molecule has 3 aromatic carbocycles. The Morgan fingerprint density at radius 1 is 1.03 bits per heavy atom. The van der Waals surface area contributed by atoms with E-state index in [9.17, 15) is 8.42 Å². The van der Waals surface area contributed by atoms with E-state index in [1.807, 2.05) is 57.2 Å². The molecule has 6 heteroatoms. The highest BCUT2D eigenvalue weighted by molar-refractivity contribution is 7.89. The molecule has 0 aliphatic carbocycles. The van der Waals surface area contributed by atoms with Crippen molar-refractivity contribution in [3.05, 3.63) is 65.7 Å².